The molecule has 0 atom stereocenters. The van der Waals surface area contributed by atoms with Crippen LogP contribution in [0.4, 0.5) is 4.79 Å². The first-order chi connectivity index (χ1) is 11.7. The molecule has 0 bridgehead atoms. The Labute approximate surface area is 144 Å². The highest BCUT2D eigenvalue weighted by Gasteiger charge is 2.24. The molecule has 2 aliphatic rings. The van der Waals surface area contributed by atoms with Gasteiger partial charge in [0, 0.05) is 32.3 Å². The molecule has 0 aromatic heterocycles. The molecule has 2 aliphatic heterocycles. The van der Waals surface area contributed by atoms with E-state index in [0.29, 0.717) is 11.7 Å². The van der Waals surface area contributed by atoms with Crippen LogP contribution < -0.4 is 5.32 Å². The lowest BCUT2D eigenvalue weighted by Crippen LogP contribution is -2.49. The lowest BCUT2D eigenvalue weighted by atomic mass is 9.90. The summed E-state index contributed by atoms with van der Waals surface area (Å²) in [5, 5.41) is 12.5. The van der Waals surface area contributed by atoms with Crippen LogP contribution in [0.25, 0.3) is 0 Å². The third-order valence-electron chi connectivity index (χ3n) is 5.23. The Morgan fingerprint density at radius 3 is 2.46 bits per heavy atom. The van der Waals surface area contributed by atoms with Crippen LogP contribution in [0.2, 0.25) is 0 Å². The van der Waals surface area contributed by atoms with E-state index in [1.54, 1.807) is 12.1 Å². The van der Waals surface area contributed by atoms with Gasteiger partial charge in [0.05, 0.1) is 0 Å². The number of amides is 2. The standard InChI is InChI=1S/C19H28N2O3/c22-18-5-3-15(4-6-18)1-2-16-7-11-21(12-8-16)19(23)20-17-9-13-24-14-10-17/h3-6,16-17,22H,1-2,7-14H2,(H,20,23). The van der Waals surface area contributed by atoms with Crippen LogP contribution in [0.3, 0.4) is 0 Å². The van der Waals surface area contributed by atoms with Crippen molar-refractivity contribution in [1.29, 1.82) is 0 Å². The maximum atomic E-state index is 12.3. The monoisotopic (exact) mass is 332 g/mol. The number of hydrogen-bond acceptors (Lipinski definition) is 3. The van der Waals surface area contributed by atoms with Gasteiger partial charge in [-0.1, -0.05) is 12.1 Å². The smallest absolute Gasteiger partial charge is 0.317 e. The summed E-state index contributed by atoms with van der Waals surface area (Å²) in [6, 6.07) is 7.85. The minimum atomic E-state index is 0.0962. The third kappa shape index (κ3) is 4.87. The fraction of sp³-hybridized carbons (Fsp3) is 0.632. The first-order valence-corrected chi connectivity index (χ1v) is 9.12. The molecule has 0 radical (unpaired) electrons. The number of rotatable bonds is 4. The molecular weight excluding hydrogens is 304 g/mol. The molecule has 0 spiro atoms. The number of phenolic OH excluding ortho intramolecular Hbond substituents is 1. The highest BCUT2D eigenvalue weighted by Crippen LogP contribution is 2.23. The zero-order chi connectivity index (χ0) is 16.8. The molecule has 1 aromatic carbocycles. The number of nitrogens with zero attached hydrogens (tertiary/aromatic N) is 1. The fourth-order valence-corrected chi connectivity index (χ4v) is 3.57. The topological polar surface area (TPSA) is 61.8 Å². The van der Waals surface area contributed by atoms with Crippen molar-refractivity contribution < 1.29 is 14.6 Å². The van der Waals surface area contributed by atoms with Crippen molar-refractivity contribution in [3.05, 3.63) is 29.8 Å². The first kappa shape index (κ1) is 17.1. The van der Waals surface area contributed by atoms with Crippen molar-refractivity contribution in [2.24, 2.45) is 5.92 Å². The van der Waals surface area contributed by atoms with Crippen LogP contribution in [0.15, 0.2) is 24.3 Å². The molecule has 0 saturated carbocycles. The summed E-state index contributed by atoms with van der Waals surface area (Å²) in [4.78, 5) is 14.3. The maximum Gasteiger partial charge on any atom is 0.317 e. The molecule has 1 aromatic rings. The SMILES string of the molecule is O=C(NC1CCOCC1)N1CCC(CCc2ccc(O)cc2)CC1. The van der Waals surface area contributed by atoms with Gasteiger partial charge in [0.2, 0.25) is 0 Å². The van der Waals surface area contributed by atoms with Crippen molar-refractivity contribution in [3.63, 3.8) is 0 Å². The number of ether oxygens (including phenoxy) is 1. The van der Waals surface area contributed by atoms with Gasteiger partial charge in [0.25, 0.3) is 0 Å². The number of carbonyl (C=O) groups is 1. The van der Waals surface area contributed by atoms with Gasteiger partial charge in [-0.05, 0) is 62.1 Å². The maximum absolute atomic E-state index is 12.3. The molecule has 24 heavy (non-hydrogen) atoms. The molecule has 2 fully saturated rings. The molecule has 5 heteroatoms. The number of aryl methyl sites for hydroxylation is 1. The van der Waals surface area contributed by atoms with E-state index in [4.69, 9.17) is 4.74 Å². The summed E-state index contributed by atoms with van der Waals surface area (Å²) < 4.78 is 5.33. The Bertz CT molecular complexity index is 518. The van der Waals surface area contributed by atoms with Gasteiger partial charge in [-0.25, -0.2) is 4.79 Å². The van der Waals surface area contributed by atoms with Crippen LogP contribution >= 0.6 is 0 Å². The summed E-state index contributed by atoms with van der Waals surface area (Å²) in [7, 11) is 0. The van der Waals surface area contributed by atoms with Gasteiger partial charge in [-0.3, -0.25) is 0 Å². The van der Waals surface area contributed by atoms with E-state index in [0.717, 1.165) is 64.8 Å². The zero-order valence-corrected chi connectivity index (χ0v) is 14.2. The number of urea groups is 1. The Hall–Kier alpha value is -1.75. The summed E-state index contributed by atoms with van der Waals surface area (Å²) in [6.45, 7) is 3.22. The van der Waals surface area contributed by atoms with Crippen molar-refractivity contribution >= 4 is 6.03 Å². The minimum Gasteiger partial charge on any atom is -0.508 e. The normalized spacial score (nSPS) is 20.1. The van der Waals surface area contributed by atoms with Crippen LogP contribution in [0, 0.1) is 5.92 Å². The largest absolute Gasteiger partial charge is 0.508 e. The van der Waals surface area contributed by atoms with E-state index in [-0.39, 0.29) is 12.1 Å². The van der Waals surface area contributed by atoms with Crippen molar-refractivity contribution in [1.82, 2.24) is 10.2 Å². The number of benzene rings is 1. The Balaban J connectivity index is 1.37. The molecule has 2 amide bonds. The second kappa shape index (κ2) is 8.38. The molecule has 2 heterocycles. The fourth-order valence-electron chi connectivity index (χ4n) is 3.57. The van der Waals surface area contributed by atoms with Crippen molar-refractivity contribution in [3.8, 4) is 5.75 Å². The molecule has 0 aliphatic carbocycles. The molecule has 3 rings (SSSR count). The van der Waals surface area contributed by atoms with E-state index in [2.05, 4.69) is 5.32 Å². The van der Waals surface area contributed by atoms with Crippen molar-refractivity contribution in [2.45, 2.75) is 44.6 Å². The Kier molecular flexibility index (Phi) is 5.96. The number of phenols is 1. The number of nitrogens with one attached hydrogen (secondary N) is 1. The summed E-state index contributed by atoms with van der Waals surface area (Å²) >= 11 is 0. The number of likely N-dealkylation sites (tertiary alicyclic amines) is 1. The molecular formula is C19H28N2O3. The molecule has 132 valence electrons. The summed E-state index contributed by atoms with van der Waals surface area (Å²) in [5.41, 5.74) is 1.27. The minimum absolute atomic E-state index is 0.0962. The lowest BCUT2D eigenvalue weighted by molar-refractivity contribution is 0.0770. The van der Waals surface area contributed by atoms with Crippen LogP contribution in [0.1, 0.15) is 37.7 Å². The van der Waals surface area contributed by atoms with E-state index >= 15 is 0 Å². The first-order valence-electron chi connectivity index (χ1n) is 9.12. The van der Waals surface area contributed by atoms with E-state index in [9.17, 15) is 9.90 Å². The molecule has 2 saturated heterocycles. The van der Waals surface area contributed by atoms with Gasteiger partial charge in [-0.15, -0.1) is 0 Å². The average molecular weight is 332 g/mol. The van der Waals surface area contributed by atoms with Gasteiger partial charge in [0.1, 0.15) is 5.75 Å². The highest BCUT2D eigenvalue weighted by atomic mass is 16.5. The average Bonchev–Trinajstić information content (AvgIpc) is 2.62. The lowest BCUT2D eigenvalue weighted by Gasteiger charge is -2.34. The number of piperidine rings is 1. The number of hydrogen-bond donors (Lipinski definition) is 2. The molecule has 2 N–H and O–H groups in total. The van der Waals surface area contributed by atoms with Crippen molar-refractivity contribution in [2.75, 3.05) is 26.3 Å². The second-order valence-electron chi connectivity index (χ2n) is 6.97. The Morgan fingerprint density at radius 1 is 1.12 bits per heavy atom. The molecule has 0 unspecified atom stereocenters. The predicted octanol–water partition coefficient (Wildman–Crippen LogP) is 2.93. The van der Waals surface area contributed by atoms with E-state index in [1.807, 2.05) is 17.0 Å². The quantitative estimate of drug-likeness (QED) is 0.891. The van der Waals surface area contributed by atoms with Crippen LogP contribution in [-0.2, 0) is 11.2 Å². The van der Waals surface area contributed by atoms with Gasteiger partial charge in [0.15, 0.2) is 0 Å². The van der Waals surface area contributed by atoms with Crippen LogP contribution in [-0.4, -0.2) is 48.4 Å². The van der Waals surface area contributed by atoms with Gasteiger partial charge < -0.3 is 20.1 Å². The highest BCUT2D eigenvalue weighted by molar-refractivity contribution is 5.74. The Morgan fingerprint density at radius 2 is 1.79 bits per heavy atom. The van der Waals surface area contributed by atoms with E-state index < -0.39 is 0 Å². The number of aromatic hydroxyl groups is 1. The third-order valence-corrected chi connectivity index (χ3v) is 5.23. The van der Waals surface area contributed by atoms with E-state index in [1.165, 1.54) is 5.56 Å². The van der Waals surface area contributed by atoms with Gasteiger partial charge in [-0.2, -0.15) is 0 Å². The second-order valence-corrected chi connectivity index (χ2v) is 6.97. The predicted molar refractivity (Wildman–Crippen MR) is 93.1 cm³/mol. The van der Waals surface area contributed by atoms with Gasteiger partial charge >= 0.3 is 6.03 Å². The van der Waals surface area contributed by atoms with Crippen LogP contribution in [0.5, 0.6) is 5.75 Å². The zero-order valence-electron chi connectivity index (χ0n) is 14.2. The summed E-state index contributed by atoms with van der Waals surface area (Å²) in [5.74, 6) is 1.01. The number of carbonyl (C=O) groups excluding carboxylic acids is 1. The summed E-state index contributed by atoms with van der Waals surface area (Å²) in [6.07, 6.45) is 6.21. The molecule has 5 nitrogen and oxygen atoms in total.